The maximum absolute atomic E-state index is 5.96. The first-order chi connectivity index (χ1) is 9.81. The molecule has 0 atom stereocenters. The third-order valence-electron chi connectivity index (χ3n) is 4.09. The van der Waals surface area contributed by atoms with Crippen molar-refractivity contribution in [1.29, 1.82) is 0 Å². The van der Waals surface area contributed by atoms with Gasteiger partial charge < -0.3 is 10.6 Å². The van der Waals surface area contributed by atoms with Crippen molar-refractivity contribution in [3.63, 3.8) is 0 Å². The molecule has 2 aromatic carbocycles. The number of nitrogens with zero attached hydrogens (tertiary/aromatic N) is 1. The molecule has 0 radical (unpaired) electrons. The van der Waals surface area contributed by atoms with E-state index in [1.807, 2.05) is 0 Å². The van der Waals surface area contributed by atoms with Gasteiger partial charge in [0.2, 0.25) is 0 Å². The lowest BCUT2D eigenvalue weighted by molar-refractivity contribution is 0.501. The van der Waals surface area contributed by atoms with Crippen LogP contribution in [0.15, 0.2) is 54.6 Å². The van der Waals surface area contributed by atoms with Gasteiger partial charge in [0.1, 0.15) is 0 Å². The first-order valence-corrected chi connectivity index (χ1v) is 7.45. The molecule has 0 amide bonds. The summed E-state index contributed by atoms with van der Waals surface area (Å²) in [4.78, 5) is 2.44. The molecule has 0 aromatic heterocycles. The van der Waals surface area contributed by atoms with Crippen LogP contribution in [-0.2, 0) is 6.42 Å². The second kappa shape index (κ2) is 6.10. The molecule has 1 aliphatic rings. The number of rotatable bonds is 3. The van der Waals surface area contributed by atoms with Gasteiger partial charge in [-0.05, 0) is 42.5 Å². The lowest BCUT2D eigenvalue weighted by atomic mass is 10.0. The van der Waals surface area contributed by atoms with Gasteiger partial charge in [0, 0.05) is 24.8 Å². The van der Waals surface area contributed by atoms with E-state index in [1.54, 1.807) is 0 Å². The second-order valence-electron chi connectivity index (χ2n) is 5.65. The number of piperidine rings is 1. The van der Waals surface area contributed by atoms with E-state index >= 15 is 0 Å². The third kappa shape index (κ3) is 3.20. The zero-order valence-electron chi connectivity index (χ0n) is 11.8. The van der Waals surface area contributed by atoms with Crippen molar-refractivity contribution in [1.82, 2.24) is 0 Å². The number of anilines is 1. The van der Waals surface area contributed by atoms with E-state index in [9.17, 15) is 0 Å². The van der Waals surface area contributed by atoms with Crippen LogP contribution in [0.4, 0.5) is 5.69 Å². The summed E-state index contributed by atoms with van der Waals surface area (Å²) in [6.07, 6.45) is 3.21. The Morgan fingerprint density at radius 1 is 0.850 bits per heavy atom. The van der Waals surface area contributed by atoms with Crippen molar-refractivity contribution in [2.24, 2.45) is 5.73 Å². The first kappa shape index (κ1) is 13.2. The zero-order chi connectivity index (χ0) is 13.8. The van der Waals surface area contributed by atoms with Crippen LogP contribution in [0.3, 0.4) is 0 Å². The van der Waals surface area contributed by atoms with Gasteiger partial charge in [-0.3, -0.25) is 0 Å². The minimum Gasteiger partial charge on any atom is -0.371 e. The summed E-state index contributed by atoms with van der Waals surface area (Å²) in [5.74, 6) is 0. The Kier molecular flexibility index (Phi) is 4.03. The van der Waals surface area contributed by atoms with Crippen molar-refractivity contribution >= 4 is 5.69 Å². The molecular weight excluding hydrogens is 244 g/mol. The van der Waals surface area contributed by atoms with Crippen molar-refractivity contribution < 1.29 is 0 Å². The van der Waals surface area contributed by atoms with E-state index in [2.05, 4.69) is 59.5 Å². The summed E-state index contributed by atoms with van der Waals surface area (Å²) in [6, 6.07) is 20.0. The highest BCUT2D eigenvalue weighted by Gasteiger charge is 2.15. The Labute approximate surface area is 121 Å². The summed E-state index contributed by atoms with van der Waals surface area (Å²) in [5, 5.41) is 0. The van der Waals surface area contributed by atoms with Gasteiger partial charge in [0.05, 0.1) is 0 Å². The monoisotopic (exact) mass is 266 g/mol. The molecule has 1 fully saturated rings. The van der Waals surface area contributed by atoms with E-state index in [0.29, 0.717) is 6.04 Å². The highest BCUT2D eigenvalue weighted by atomic mass is 15.1. The van der Waals surface area contributed by atoms with Crippen LogP contribution in [-0.4, -0.2) is 19.1 Å². The topological polar surface area (TPSA) is 29.3 Å². The molecule has 20 heavy (non-hydrogen) atoms. The predicted octanol–water partition coefficient (Wildman–Crippen LogP) is 3.20. The molecular formula is C18H22N2. The van der Waals surface area contributed by atoms with Gasteiger partial charge in [0.25, 0.3) is 0 Å². The molecule has 0 bridgehead atoms. The van der Waals surface area contributed by atoms with Crippen LogP contribution in [0, 0.1) is 0 Å². The first-order valence-electron chi connectivity index (χ1n) is 7.45. The quantitative estimate of drug-likeness (QED) is 0.924. The fourth-order valence-corrected chi connectivity index (χ4v) is 2.81. The van der Waals surface area contributed by atoms with Crippen LogP contribution in [0.2, 0.25) is 0 Å². The summed E-state index contributed by atoms with van der Waals surface area (Å²) in [6.45, 7) is 2.17. The average molecular weight is 266 g/mol. The van der Waals surface area contributed by atoms with Crippen LogP contribution in [0.5, 0.6) is 0 Å². The fourth-order valence-electron chi connectivity index (χ4n) is 2.81. The van der Waals surface area contributed by atoms with Gasteiger partial charge in [-0.1, -0.05) is 42.5 Å². The highest BCUT2D eigenvalue weighted by molar-refractivity contribution is 5.48. The number of nitrogens with two attached hydrogens (primary N) is 1. The molecule has 1 saturated heterocycles. The van der Waals surface area contributed by atoms with E-state index < -0.39 is 0 Å². The Morgan fingerprint density at radius 3 is 2.10 bits per heavy atom. The number of hydrogen-bond acceptors (Lipinski definition) is 2. The maximum atomic E-state index is 5.96. The van der Waals surface area contributed by atoms with Crippen LogP contribution in [0.25, 0.3) is 0 Å². The van der Waals surface area contributed by atoms with Gasteiger partial charge in [-0.25, -0.2) is 0 Å². The molecule has 2 aromatic rings. The second-order valence-corrected chi connectivity index (χ2v) is 5.65. The standard InChI is InChI=1S/C18H22N2/c19-17-10-12-20(13-11-17)18-8-6-16(7-9-18)14-15-4-2-1-3-5-15/h1-9,17H,10-14,19H2. The molecule has 1 heterocycles. The molecule has 1 aliphatic heterocycles. The number of hydrogen-bond donors (Lipinski definition) is 1. The van der Waals surface area contributed by atoms with Crippen LogP contribution in [0.1, 0.15) is 24.0 Å². The van der Waals surface area contributed by atoms with E-state index in [0.717, 1.165) is 32.4 Å². The van der Waals surface area contributed by atoms with Gasteiger partial charge in [0.15, 0.2) is 0 Å². The van der Waals surface area contributed by atoms with Crippen molar-refractivity contribution in [3.05, 3.63) is 65.7 Å². The fraction of sp³-hybridized carbons (Fsp3) is 0.333. The average Bonchev–Trinajstić information content (AvgIpc) is 2.50. The summed E-state index contributed by atoms with van der Waals surface area (Å²) < 4.78 is 0. The normalized spacial score (nSPS) is 16.4. The Morgan fingerprint density at radius 2 is 1.45 bits per heavy atom. The van der Waals surface area contributed by atoms with E-state index in [-0.39, 0.29) is 0 Å². The van der Waals surface area contributed by atoms with Crippen LogP contribution >= 0.6 is 0 Å². The molecule has 3 rings (SSSR count). The third-order valence-corrected chi connectivity index (χ3v) is 4.09. The van der Waals surface area contributed by atoms with Gasteiger partial charge >= 0.3 is 0 Å². The summed E-state index contributed by atoms with van der Waals surface area (Å²) in [5.41, 5.74) is 10.0. The molecule has 2 heteroatoms. The smallest absolute Gasteiger partial charge is 0.0366 e. The van der Waals surface area contributed by atoms with E-state index in [1.165, 1.54) is 16.8 Å². The molecule has 0 unspecified atom stereocenters. The summed E-state index contributed by atoms with van der Waals surface area (Å²) >= 11 is 0. The number of benzene rings is 2. The summed E-state index contributed by atoms with van der Waals surface area (Å²) in [7, 11) is 0. The predicted molar refractivity (Wildman–Crippen MR) is 85.1 cm³/mol. The molecule has 0 saturated carbocycles. The molecule has 0 aliphatic carbocycles. The van der Waals surface area contributed by atoms with Crippen molar-refractivity contribution in [2.75, 3.05) is 18.0 Å². The van der Waals surface area contributed by atoms with Crippen molar-refractivity contribution in [3.8, 4) is 0 Å². The van der Waals surface area contributed by atoms with Gasteiger partial charge in [-0.2, -0.15) is 0 Å². The Hall–Kier alpha value is -1.80. The zero-order valence-corrected chi connectivity index (χ0v) is 11.8. The van der Waals surface area contributed by atoms with E-state index in [4.69, 9.17) is 5.73 Å². The maximum Gasteiger partial charge on any atom is 0.0366 e. The minimum absolute atomic E-state index is 0.392. The highest BCUT2D eigenvalue weighted by Crippen LogP contribution is 2.21. The lowest BCUT2D eigenvalue weighted by Crippen LogP contribution is -2.39. The lowest BCUT2D eigenvalue weighted by Gasteiger charge is -2.32. The Bertz CT molecular complexity index is 525. The largest absolute Gasteiger partial charge is 0.371 e. The Balaban J connectivity index is 1.65. The van der Waals surface area contributed by atoms with Crippen molar-refractivity contribution in [2.45, 2.75) is 25.3 Å². The molecule has 2 N–H and O–H groups in total. The molecule has 104 valence electrons. The van der Waals surface area contributed by atoms with Crippen LogP contribution < -0.4 is 10.6 Å². The molecule has 2 nitrogen and oxygen atoms in total. The minimum atomic E-state index is 0.392. The SMILES string of the molecule is NC1CCN(c2ccc(Cc3ccccc3)cc2)CC1. The van der Waals surface area contributed by atoms with Gasteiger partial charge in [-0.15, -0.1) is 0 Å². The molecule has 0 spiro atoms.